The van der Waals surface area contributed by atoms with E-state index in [9.17, 15) is 22.0 Å². The second-order valence-corrected chi connectivity index (χ2v) is 11.9. The number of benzene rings is 4. The number of amides is 1. The molecule has 0 unspecified atom stereocenters. The van der Waals surface area contributed by atoms with Gasteiger partial charge in [0.1, 0.15) is 11.6 Å². The zero-order chi connectivity index (χ0) is 28.8. The van der Waals surface area contributed by atoms with E-state index in [4.69, 9.17) is 0 Å². The first kappa shape index (κ1) is 28.3. The molecular formula is C32H31F2N3O3S. The SMILES string of the molecule is O=C(NCc1ccc(F)cc1)c1ccc(N2CCC(Cc3ccccc3)CC2)c(NS(=O)(=O)c2ccc(F)cc2)c1. The van der Waals surface area contributed by atoms with Gasteiger partial charge < -0.3 is 10.2 Å². The monoisotopic (exact) mass is 575 g/mol. The summed E-state index contributed by atoms with van der Waals surface area (Å²) >= 11 is 0. The van der Waals surface area contributed by atoms with Gasteiger partial charge in [-0.2, -0.15) is 0 Å². The van der Waals surface area contributed by atoms with Crippen LogP contribution in [0, 0.1) is 17.6 Å². The summed E-state index contributed by atoms with van der Waals surface area (Å²) in [7, 11) is -4.06. The molecule has 6 nitrogen and oxygen atoms in total. The molecule has 1 aliphatic heterocycles. The summed E-state index contributed by atoms with van der Waals surface area (Å²) < 4.78 is 55.8. The Kier molecular flexibility index (Phi) is 8.64. The number of nitrogens with zero attached hydrogens (tertiary/aromatic N) is 1. The molecule has 0 bridgehead atoms. The zero-order valence-electron chi connectivity index (χ0n) is 22.4. The molecule has 1 heterocycles. The van der Waals surface area contributed by atoms with E-state index >= 15 is 0 Å². The van der Waals surface area contributed by atoms with Crippen LogP contribution >= 0.6 is 0 Å². The molecule has 1 saturated heterocycles. The number of hydrogen-bond acceptors (Lipinski definition) is 4. The van der Waals surface area contributed by atoms with Crippen LogP contribution in [0.5, 0.6) is 0 Å². The van der Waals surface area contributed by atoms with Crippen molar-refractivity contribution in [1.29, 1.82) is 0 Å². The maximum atomic E-state index is 13.4. The third kappa shape index (κ3) is 7.29. The first-order chi connectivity index (χ1) is 19.8. The topological polar surface area (TPSA) is 78.5 Å². The van der Waals surface area contributed by atoms with E-state index < -0.39 is 21.7 Å². The molecule has 0 atom stereocenters. The highest BCUT2D eigenvalue weighted by atomic mass is 32.2. The molecule has 41 heavy (non-hydrogen) atoms. The van der Waals surface area contributed by atoms with Gasteiger partial charge in [-0.25, -0.2) is 17.2 Å². The van der Waals surface area contributed by atoms with Crippen molar-refractivity contribution in [3.8, 4) is 0 Å². The van der Waals surface area contributed by atoms with Gasteiger partial charge in [0.2, 0.25) is 0 Å². The van der Waals surface area contributed by atoms with E-state index in [0.29, 0.717) is 11.6 Å². The normalized spacial score (nSPS) is 14.0. The fourth-order valence-electron chi connectivity index (χ4n) is 5.06. The Labute approximate surface area is 239 Å². The molecule has 0 radical (unpaired) electrons. The molecule has 0 saturated carbocycles. The molecule has 212 valence electrons. The van der Waals surface area contributed by atoms with Crippen LogP contribution in [0.4, 0.5) is 20.2 Å². The summed E-state index contributed by atoms with van der Waals surface area (Å²) in [5.41, 5.74) is 3.24. The van der Waals surface area contributed by atoms with Crippen LogP contribution in [0.25, 0.3) is 0 Å². The number of carbonyl (C=O) groups is 1. The van der Waals surface area contributed by atoms with E-state index in [1.165, 1.54) is 35.9 Å². The number of carbonyl (C=O) groups excluding carboxylic acids is 1. The third-order valence-electron chi connectivity index (χ3n) is 7.32. The minimum atomic E-state index is -4.06. The van der Waals surface area contributed by atoms with E-state index in [0.717, 1.165) is 50.0 Å². The van der Waals surface area contributed by atoms with Crippen molar-refractivity contribution in [3.05, 3.63) is 125 Å². The third-order valence-corrected chi connectivity index (χ3v) is 8.70. The van der Waals surface area contributed by atoms with Crippen LogP contribution in [-0.2, 0) is 23.0 Å². The van der Waals surface area contributed by atoms with E-state index in [2.05, 4.69) is 27.1 Å². The van der Waals surface area contributed by atoms with Gasteiger partial charge in [0.25, 0.3) is 15.9 Å². The molecule has 9 heteroatoms. The van der Waals surface area contributed by atoms with Crippen molar-refractivity contribution in [2.75, 3.05) is 22.7 Å². The van der Waals surface area contributed by atoms with Gasteiger partial charge in [0.15, 0.2) is 0 Å². The predicted octanol–water partition coefficient (Wildman–Crippen LogP) is 6.15. The average molecular weight is 576 g/mol. The Morgan fingerprint density at radius 3 is 2.10 bits per heavy atom. The molecular weight excluding hydrogens is 544 g/mol. The van der Waals surface area contributed by atoms with Gasteiger partial charge >= 0.3 is 0 Å². The fraction of sp³-hybridized carbons (Fsp3) is 0.219. The lowest BCUT2D eigenvalue weighted by Gasteiger charge is -2.35. The van der Waals surface area contributed by atoms with Gasteiger partial charge in [0, 0.05) is 25.2 Å². The second kappa shape index (κ2) is 12.5. The number of sulfonamides is 1. The zero-order valence-corrected chi connectivity index (χ0v) is 23.2. The molecule has 0 aromatic heterocycles. The number of hydrogen-bond donors (Lipinski definition) is 2. The number of anilines is 2. The summed E-state index contributed by atoms with van der Waals surface area (Å²) in [5, 5.41) is 2.80. The number of rotatable bonds is 9. The van der Waals surface area contributed by atoms with Crippen LogP contribution < -0.4 is 14.9 Å². The fourth-order valence-corrected chi connectivity index (χ4v) is 6.13. The van der Waals surface area contributed by atoms with Gasteiger partial charge in [-0.1, -0.05) is 42.5 Å². The van der Waals surface area contributed by atoms with Crippen LogP contribution in [0.2, 0.25) is 0 Å². The van der Waals surface area contributed by atoms with Crippen molar-refractivity contribution >= 4 is 27.3 Å². The lowest BCUT2D eigenvalue weighted by atomic mass is 9.90. The highest BCUT2D eigenvalue weighted by Crippen LogP contribution is 2.33. The molecule has 0 aliphatic carbocycles. The molecule has 4 aromatic carbocycles. The van der Waals surface area contributed by atoms with E-state index in [1.807, 2.05) is 18.2 Å². The van der Waals surface area contributed by atoms with Crippen LogP contribution in [0.15, 0.2) is 102 Å². The van der Waals surface area contributed by atoms with Crippen LogP contribution in [0.1, 0.15) is 34.3 Å². The molecule has 1 fully saturated rings. The molecule has 1 amide bonds. The molecule has 5 rings (SSSR count). The molecule has 4 aromatic rings. The van der Waals surface area contributed by atoms with E-state index in [1.54, 1.807) is 24.3 Å². The number of piperidine rings is 1. The standard InChI is InChI=1S/C32H31F2N3O3S/c33-27-9-6-25(7-10-27)22-35-32(38)26-8-15-31(30(21-26)36-41(39,40)29-13-11-28(34)12-14-29)37-18-16-24(17-19-37)20-23-4-2-1-3-5-23/h1-15,21,24,36H,16-20,22H2,(H,35,38). The first-order valence-electron chi connectivity index (χ1n) is 13.5. The molecule has 0 spiro atoms. The molecule has 2 N–H and O–H groups in total. The minimum Gasteiger partial charge on any atom is -0.370 e. The van der Waals surface area contributed by atoms with Crippen molar-refractivity contribution in [3.63, 3.8) is 0 Å². The van der Waals surface area contributed by atoms with Gasteiger partial charge in [-0.05, 0) is 90.9 Å². The van der Waals surface area contributed by atoms with Crippen molar-refractivity contribution in [1.82, 2.24) is 5.32 Å². The van der Waals surface area contributed by atoms with Crippen LogP contribution in [0.3, 0.4) is 0 Å². The quantitative estimate of drug-likeness (QED) is 0.251. The van der Waals surface area contributed by atoms with Crippen LogP contribution in [-0.4, -0.2) is 27.4 Å². The predicted molar refractivity (Wildman–Crippen MR) is 156 cm³/mol. The second-order valence-electron chi connectivity index (χ2n) is 10.2. The Bertz CT molecular complexity index is 1590. The largest absolute Gasteiger partial charge is 0.370 e. The highest BCUT2D eigenvalue weighted by molar-refractivity contribution is 7.92. The van der Waals surface area contributed by atoms with Gasteiger partial charge in [-0.15, -0.1) is 0 Å². The lowest BCUT2D eigenvalue weighted by molar-refractivity contribution is 0.0951. The Hall–Kier alpha value is -4.24. The Balaban J connectivity index is 1.36. The van der Waals surface area contributed by atoms with Crippen molar-refractivity contribution < 1.29 is 22.0 Å². The summed E-state index contributed by atoms with van der Waals surface area (Å²) in [5.74, 6) is -0.783. The molecule has 1 aliphatic rings. The van der Waals surface area contributed by atoms with Gasteiger partial charge in [-0.3, -0.25) is 9.52 Å². The average Bonchev–Trinajstić information content (AvgIpc) is 2.98. The maximum absolute atomic E-state index is 13.4. The Morgan fingerprint density at radius 1 is 0.805 bits per heavy atom. The lowest BCUT2D eigenvalue weighted by Crippen LogP contribution is -2.35. The maximum Gasteiger partial charge on any atom is 0.261 e. The highest BCUT2D eigenvalue weighted by Gasteiger charge is 2.24. The van der Waals surface area contributed by atoms with Crippen molar-refractivity contribution in [2.24, 2.45) is 5.92 Å². The number of halogens is 2. The Morgan fingerprint density at radius 2 is 1.44 bits per heavy atom. The van der Waals surface area contributed by atoms with Gasteiger partial charge in [0.05, 0.1) is 16.3 Å². The summed E-state index contributed by atoms with van der Waals surface area (Å²) in [6, 6.07) is 25.7. The first-order valence-corrected chi connectivity index (χ1v) is 15.0. The van der Waals surface area contributed by atoms with Crippen molar-refractivity contribution in [2.45, 2.75) is 30.7 Å². The number of nitrogens with one attached hydrogen (secondary N) is 2. The summed E-state index contributed by atoms with van der Waals surface area (Å²) in [6.07, 6.45) is 2.88. The summed E-state index contributed by atoms with van der Waals surface area (Å²) in [6.45, 7) is 1.66. The minimum absolute atomic E-state index is 0.0856. The smallest absolute Gasteiger partial charge is 0.261 e. The van der Waals surface area contributed by atoms with E-state index in [-0.39, 0.29) is 28.5 Å². The summed E-state index contributed by atoms with van der Waals surface area (Å²) in [4.78, 5) is 15.0.